The number of aryl methyl sites for hydroxylation is 2. The molecule has 0 saturated carbocycles. The van der Waals surface area contributed by atoms with Crippen LogP contribution in [-0.4, -0.2) is 33.8 Å². The molecule has 23 heavy (non-hydrogen) atoms. The van der Waals surface area contributed by atoms with E-state index in [-0.39, 0.29) is 6.03 Å². The molecule has 0 aliphatic rings. The van der Waals surface area contributed by atoms with Gasteiger partial charge in [0.05, 0.1) is 0 Å². The van der Waals surface area contributed by atoms with Crippen molar-refractivity contribution >= 4 is 17.8 Å². The first-order valence-corrected chi connectivity index (χ1v) is 9.09. The van der Waals surface area contributed by atoms with E-state index in [1.165, 1.54) is 20.7 Å². The summed E-state index contributed by atoms with van der Waals surface area (Å²) in [6.07, 6.45) is 3.74. The number of aromatic nitrogens is 2. The minimum atomic E-state index is -0.0682. The Labute approximate surface area is 142 Å². The molecule has 0 fully saturated rings. The molecule has 1 aromatic heterocycles. The molecule has 0 atom stereocenters. The molecule has 0 N–H and O–H groups in total. The number of hydrogen-bond acceptors (Lipinski definition) is 3. The average Bonchev–Trinajstić information content (AvgIpc) is 3.04. The molecule has 1 amide bonds. The highest BCUT2D eigenvalue weighted by Crippen LogP contribution is 2.33. The van der Waals surface area contributed by atoms with Crippen molar-refractivity contribution < 1.29 is 4.79 Å². The molecule has 1 aromatic carbocycles. The number of amides is 1. The van der Waals surface area contributed by atoms with Crippen LogP contribution in [0.3, 0.4) is 0 Å². The molecule has 0 bridgehead atoms. The maximum Gasteiger partial charge on any atom is 0.344 e. The van der Waals surface area contributed by atoms with Gasteiger partial charge in [-0.1, -0.05) is 43.8 Å². The Balaban J connectivity index is 2.25. The van der Waals surface area contributed by atoms with Crippen LogP contribution in [0.4, 0.5) is 4.79 Å². The van der Waals surface area contributed by atoms with Crippen molar-refractivity contribution in [2.45, 2.75) is 50.5 Å². The number of carbonyl (C=O) groups is 1. The van der Waals surface area contributed by atoms with Crippen LogP contribution in [0.5, 0.6) is 0 Å². The number of rotatable bonds is 6. The van der Waals surface area contributed by atoms with Crippen LogP contribution in [0.25, 0.3) is 0 Å². The van der Waals surface area contributed by atoms with Gasteiger partial charge in [-0.3, -0.25) is 0 Å². The monoisotopic (exact) mass is 331 g/mol. The Bertz CT molecular complexity index is 640. The van der Waals surface area contributed by atoms with Gasteiger partial charge in [-0.05, 0) is 43.9 Å². The third-order valence-electron chi connectivity index (χ3n) is 3.94. The lowest BCUT2D eigenvalue weighted by Gasteiger charge is -2.17. The van der Waals surface area contributed by atoms with Crippen LogP contribution >= 0.6 is 11.8 Å². The largest absolute Gasteiger partial charge is 0.344 e. The van der Waals surface area contributed by atoms with Gasteiger partial charge < -0.3 is 4.90 Å². The summed E-state index contributed by atoms with van der Waals surface area (Å²) in [5.74, 6) is 0. The summed E-state index contributed by atoms with van der Waals surface area (Å²) >= 11 is 1.65. The standard InChI is InChI=1S/C18H25N3OS/c1-5-14-10-9-11-15(6-2)17(14)23-16-12-13-21(19-16)18(22)20(7-3)8-4/h9-13H,5-8H2,1-4H3. The summed E-state index contributed by atoms with van der Waals surface area (Å²) < 4.78 is 1.44. The lowest BCUT2D eigenvalue weighted by Crippen LogP contribution is -2.34. The Morgan fingerprint density at radius 2 is 1.70 bits per heavy atom. The Morgan fingerprint density at radius 3 is 2.22 bits per heavy atom. The van der Waals surface area contributed by atoms with Crippen LogP contribution in [-0.2, 0) is 12.8 Å². The van der Waals surface area contributed by atoms with Gasteiger partial charge in [-0.15, -0.1) is 0 Å². The molecule has 0 aliphatic carbocycles. The summed E-state index contributed by atoms with van der Waals surface area (Å²) in [5, 5.41) is 5.32. The second kappa shape index (κ2) is 8.20. The molecular weight excluding hydrogens is 306 g/mol. The van der Waals surface area contributed by atoms with Gasteiger partial charge in [-0.25, -0.2) is 4.79 Å². The molecule has 0 saturated heterocycles. The zero-order valence-electron chi connectivity index (χ0n) is 14.4. The molecule has 0 spiro atoms. The topological polar surface area (TPSA) is 38.1 Å². The SMILES string of the molecule is CCc1cccc(CC)c1Sc1ccn(C(=O)N(CC)CC)n1. The van der Waals surface area contributed by atoms with Gasteiger partial charge in [0.15, 0.2) is 0 Å². The molecule has 0 aliphatic heterocycles. The van der Waals surface area contributed by atoms with Crippen molar-refractivity contribution in [3.8, 4) is 0 Å². The maximum absolute atomic E-state index is 12.3. The summed E-state index contributed by atoms with van der Waals surface area (Å²) in [6, 6.07) is 8.29. The van der Waals surface area contributed by atoms with Crippen LogP contribution in [0, 0.1) is 0 Å². The third kappa shape index (κ3) is 3.96. The summed E-state index contributed by atoms with van der Waals surface area (Å²) in [5.41, 5.74) is 2.66. The highest BCUT2D eigenvalue weighted by atomic mass is 32.2. The number of hydrogen-bond donors (Lipinski definition) is 0. The van der Waals surface area contributed by atoms with Gasteiger partial charge in [0.25, 0.3) is 0 Å². The van der Waals surface area contributed by atoms with Gasteiger partial charge in [0.2, 0.25) is 0 Å². The van der Waals surface area contributed by atoms with Crippen LogP contribution in [0.2, 0.25) is 0 Å². The van der Waals surface area contributed by atoms with Gasteiger partial charge in [0.1, 0.15) is 5.03 Å². The predicted molar refractivity (Wildman–Crippen MR) is 95.3 cm³/mol. The van der Waals surface area contributed by atoms with E-state index in [1.54, 1.807) is 22.9 Å². The highest BCUT2D eigenvalue weighted by Gasteiger charge is 2.15. The zero-order valence-corrected chi connectivity index (χ0v) is 15.2. The van der Waals surface area contributed by atoms with Gasteiger partial charge in [0, 0.05) is 24.2 Å². The normalized spacial score (nSPS) is 10.8. The highest BCUT2D eigenvalue weighted by molar-refractivity contribution is 7.99. The molecule has 5 heteroatoms. The minimum absolute atomic E-state index is 0.0682. The fraction of sp³-hybridized carbons (Fsp3) is 0.444. The van der Waals surface area contributed by atoms with E-state index in [9.17, 15) is 4.79 Å². The number of carbonyl (C=O) groups excluding carboxylic acids is 1. The lowest BCUT2D eigenvalue weighted by molar-refractivity contribution is 0.201. The number of nitrogens with zero attached hydrogens (tertiary/aromatic N) is 3. The minimum Gasteiger partial charge on any atom is -0.323 e. The first-order chi connectivity index (χ1) is 11.1. The molecular formula is C18H25N3OS. The molecule has 4 nitrogen and oxygen atoms in total. The third-order valence-corrected chi connectivity index (χ3v) is 5.10. The molecule has 0 radical (unpaired) electrons. The van der Waals surface area contributed by atoms with Crippen molar-refractivity contribution in [3.63, 3.8) is 0 Å². The fourth-order valence-corrected chi connectivity index (χ4v) is 3.69. The van der Waals surface area contributed by atoms with Crippen LogP contribution < -0.4 is 0 Å². The molecule has 1 heterocycles. The smallest absolute Gasteiger partial charge is 0.323 e. The Hall–Kier alpha value is -1.75. The van der Waals surface area contributed by atoms with E-state index in [2.05, 4.69) is 37.1 Å². The molecule has 124 valence electrons. The summed E-state index contributed by atoms with van der Waals surface area (Å²) in [7, 11) is 0. The van der Waals surface area contributed by atoms with E-state index in [0.29, 0.717) is 13.1 Å². The Kier molecular flexibility index (Phi) is 6.28. The van der Waals surface area contributed by atoms with E-state index in [4.69, 9.17) is 0 Å². The number of benzene rings is 1. The van der Waals surface area contributed by atoms with Crippen molar-refractivity contribution in [1.29, 1.82) is 0 Å². The maximum atomic E-state index is 12.3. The fourth-order valence-electron chi connectivity index (χ4n) is 2.54. The second-order valence-electron chi connectivity index (χ2n) is 5.27. The second-order valence-corrected chi connectivity index (χ2v) is 6.30. The predicted octanol–water partition coefficient (Wildman–Crippen LogP) is 4.47. The van der Waals surface area contributed by atoms with E-state index in [0.717, 1.165) is 17.9 Å². The summed E-state index contributed by atoms with van der Waals surface area (Å²) in [4.78, 5) is 15.4. The molecule has 2 rings (SSSR count). The lowest BCUT2D eigenvalue weighted by atomic mass is 10.1. The molecule has 2 aromatic rings. The van der Waals surface area contributed by atoms with Crippen LogP contribution in [0.15, 0.2) is 40.4 Å². The first-order valence-electron chi connectivity index (χ1n) is 8.28. The van der Waals surface area contributed by atoms with Gasteiger partial charge in [-0.2, -0.15) is 9.78 Å². The van der Waals surface area contributed by atoms with E-state index < -0.39 is 0 Å². The van der Waals surface area contributed by atoms with Crippen molar-refractivity contribution in [1.82, 2.24) is 14.7 Å². The van der Waals surface area contributed by atoms with Crippen LogP contribution in [0.1, 0.15) is 38.8 Å². The quantitative estimate of drug-likeness (QED) is 0.784. The zero-order chi connectivity index (χ0) is 16.8. The van der Waals surface area contributed by atoms with E-state index in [1.807, 2.05) is 19.9 Å². The van der Waals surface area contributed by atoms with E-state index >= 15 is 0 Å². The first kappa shape index (κ1) is 17.6. The van der Waals surface area contributed by atoms with Gasteiger partial charge >= 0.3 is 6.03 Å². The average molecular weight is 331 g/mol. The van der Waals surface area contributed by atoms with Crippen molar-refractivity contribution in [2.75, 3.05) is 13.1 Å². The summed E-state index contributed by atoms with van der Waals surface area (Å²) in [6.45, 7) is 9.67. The van der Waals surface area contributed by atoms with Crippen molar-refractivity contribution in [3.05, 3.63) is 41.6 Å². The van der Waals surface area contributed by atoms with Crippen molar-refractivity contribution in [2.24, 2.45) is 0 Å². The Morgan fingerprint density at radius 1 is 1.09 bits per heavy atom. The molecule has 0 unspecified atom stereocenters.